The second-order valence-corrected chi connectivity index (χ2v) is 7.81. The van der Waals surface area contributed by atoms with E-state index in [1.54, 1.807) is 0 Å². The second-order valence-electron chi connectivity index (χ2n) is 7.81. The van der Waals surface area contributed by atoms with E-state index in [0.717, 1.165) is 0 Å². The van der Waals surface area contributed by atoms with Gasteiger partial charge in [-0.05, 0) is 47.8 Å². The first kappa shape index (κ1) is 11.1. The van der Waals surface area contributed by atoms with Gasteiger partial charge in [0.15, 0.2) is 0 Å². The summed E-state index contributed by atoms with van der Waals surface area (Å²) in [6.07, 6.45) is 9.63. The van der Waals surface area contributed by atoms with Crippen LogP contribution in [0, 0.1) is 22.1 Å². The van der Waals surface area contributed by atoms with Crippen LogP contribution in [0.2, 0.25) is 0 Å². The summed E-state index contributed by atoms with van der Waals surface area (Å²) in [5.41, 5.74) is 0.851. The number of rotatable bonds is 0. The van der Waals surface area contributed by atoms with Gasteiger partial charge in [0.05, 0.1) is 0 Å². The monoisotopic (exact) mass is 223 g/mol. The fourth-order valence-electron chi connectivity index (χ4n) is 4.77. The molecule has 0 aromatic heterocycles. The molecule has 0 aromatic carbocycles. The zero-order valence-corrected chi connectivity index (χ0v) is 11.9. The van der Waals surface area contributed by atoms with Gasteiger partial charge in [0.25, 0.3) is 0 Å². The summed E-state index contributed by atoms with van der Waals surface area (Å²) in [6.45, 7) is 11.5. The van der Waals surface area contributed by atoms with Crippen LogP contribution in [0.25, 0.3) is 0 Å². The summed E-state index contributed by atoms with van der Waals surface area (Å²) in [5.74, 6) is -0.303. The minimum atomic E-state index is -0.303. The smallest absolute Gasteiger partial charge is 0.0311 e. The van der Waals surface area contributed by atoms with Gasteiger partial charge in [-0.1, -0.05) is 53.9 Å². The Bertz CT molecular complexity index is 271. The van der Waals surface area contributed by atoms with E-state index >= 15 is 0 Å². The number of hydrogen-bond acceptors (Lipinski definition) is 0. The van der Waals surface area contributed by atoms with Crippen LogP contribution in [0.15, 0.2) is 0 Å². The lowest BCUT2D eigenvalue weighted by atomic mass is 9.47. The molecular weight excluding hydrogens is 192 g/mol. The summed E-state index contributed by atoms with van der Waals surface area (Å²) >= 11 is 0. The van der Waals surface area contributed by atoms with Crippen LogP contribution in [0.4, 0.5) is 0 Å². The van der Waals surface area contributed by atoms with Crippen molar-refractivity contribution in [3.8, 4) is 0 Å². The highest BCUT2D eigenvalue weighted by molar-refractivity contribution is 5.01. The topological polar surface area (TPSA) is 0 Å². The molecule has 0 aliphatic heterocycles. The van der Waals surface area contributed by atoms with Crippen LogP contribution in [-0.2, 0) is 0 Å². The van der Waals surface area contributed by atoms with E-state index in [1.807, 2.05) is 0 Å². The highest BCUT2D eigenvalue weighted by atomic mass is 14.6. The summed E-state index contributed by atoms with van der Waals surface area (Å²) in [4.78, 5) is 0. The molecule has 0 aromatic rings. The predicted molar refractivity (Wildman–Crippen MR) is 71.5 cm³/mol. The first-order valence-electron chi connectivity index (χ1n) is 7.62. The van der Waals surface area contributed by atoms with Gasteiger partial charge in [0.2, 0.25) is 0 Å². The highest BCUT2D eigenvalue weighted by Crippen LogP contribution is 2.61. The van der Waals surface area contributed by atoms with Crippen molar-refractivity contribution in [3.63, 3.8) is 0 Å². The van der Waals surface area contributed by atoms with E-state index in [1.165, 1.54) is 44.9 Å². The third-order valence-corrected chi connectivity index (χ3v) is 5.58. The molecule has 94 valence electrons. The molecule has 2 rings (SSSR count). The molecule has 0 saturated heterocycles. The Morgan fingerprint density at radius 3 is 1.75 bits per heavy atom. The molecule has 0 heterocycles. The predicted octanol–water partition coefficient (Wildman–Crippen LogP) is 5.42. The van der Waals surface area contributed by atoms with Crippen LogP contribution >= 0.6 is 0 Å². The minimum absolute atomic E-state index is 0.145. The van der Waals surface area contributed by atoms with Crippen LogP contribution in [0.5, 0.6) is 0 Å². The van der Waals surface area contributed by atoms with Crippen LogP contribution in [0.3, 0.4) is 0 Å². The second kappa shape index (κ2) is 3.75. The van der Waals surface area contributed by atoms with Gasteiger partial charge in [0, 0.05) is 1.37 Å². The van der Waals surface area contributed by atoms with Gasteiger partial charge in [-0.15, -0.1) is 0 Å². The highest BCUT2D eigenvalue weighted by Gasteiger charge is 2.51. The standard InChI is InChI=1S/C16H30/c1-13-14(2,3)11-16(12-15(13,4)5)9-7-6-8-10-16/h13H,6-12H2,1-5H3/i13D. The molecule has 2 saturated carbocycles. The summed E-state index contributed by atoms with van der Waals surface area (Å²) in [6, 6.07) is 0. The van der Waals surface area contributed by atoms with Crippen molar-refractivity contribution in [2.24, 2.45) is 22.1 Å². The van der Waals surface area contributed by atoms with E-state index in [4.69, 9.17) is 1.37 Å². The van der Waals surface area contributed by atoms with E-state index in [2.05, 4.69) is 34.6 Å². The van der Waals surface area contributed by atoms with Crippen molar-refractivity contribution in [2.75, 3.05) is 0 Å². The lowest BCUT2D eigenvalue weighted by Crippen LogP contribution is -2.48. The van der Waals surface area contributed by atoms with Gasteiger partial charge >= 0.3 is 0 Å². The molecule has 0 bridgehead atoms. The number of hydrogen-bond donors (Lipinski definition) is 0. The Morgan fingerprint density at radius 1 is 0.875 bits per heavy atom. The molecule has 0 radical (unpaired) electrons. The quantitative estimate of drug-likeness (QED) is 0.514. The lowest BCUT2D eigenvalue weighted by Gasteiger charge is -2.58. The van der Waals surface area contributed by atoms with Crippen molar-refractivity contribution in [1.29, 1.82) is 0 Å². The van der Waals surface area contributed by atoms with Crippen molar-refractivity contribution >= 4 is 0 Å². The fraction of sp³-hybridized carbons (Fsp3) is 1.00. The van der Waals surface area contributed by atoms with Crippen molar-refractivity contribution in [2.45, 2.75) is 79.6 Å². The molecule has 0 N–H and O–H groups in total. The zero-order chi connectivity index (χ0) is 12.9. The molecule has 2 fully saturated rings. The van der Waals surface area contributed by atoms with Crippen molar-refractivity contribution < 1.29 is 1.37 Å². The molecule has 16 heavy (non-hydrogen) atoms. The molecule has 0 atom stereocenters. The van der Waals surface area contributed by atoms with E-state index in [0.29, 0.717) is 5.41 Å². The Kier molecular flexibility index (Phi) is 2.60. The van der Waals surface area contributed by atoms with E-state index < -0.39 is 0 Å². The van der Waals surface area contributed by atoms with E-state index in [-0.39, 0.29) is 16.7 Å². The maximum Gasteiger partial charge on any atom is 0.0311 e. The van der Waals surface area contributed by atoms with Gasteiger partial charge in [-0.25, -0.2) is 0 Å². The van der Waals surface area contributed by atoms with Crippen LogP contribution in [0.1, 0.15) is 80.9 Å². The maximum absolute atomic E-state index is 8.83. The van der Waals surface area contributed by atoms with Gasteiger partial charge in [-0.3, -0.25) is 0 Å². The molecule has 2 aliphatic carbocycles. The minimum Gasteiger partial charge on any atom is -0.0615 e. The van der Waals surface area contributed by atoms with E-state index in [9.17, 15) is 0 Å². The molecule has 0 nitrogen and oxygen atoms in total. The summed E-state index contributed by atoms with van der Waals surface area (Å²) in [5, 5.41) is 0. The molecule has 1 spiro atoms. The summed E-state index contributed by atoms with van der Waals surface area (Å²) < 4.78 is 8.83. The molecule has 2 aliphatic rings. The SMILES string of the molecule is [2H]C1(C)C(C)(C)CC2(CCCCC2)CC1(C)C. The van der Waals surface area contributed by atoms with Crippen molar-refractivity contribution in [1.82, 2.24) is 0 Å². The molecule has 0 amide bonds. The Morgan fingerprint density at radius 2 is 1.31 bits per heavy atom. The van der Waals surface area contributed by atoms with Gasteiger partial charge in [-0.2, -0.15) is 0 Å². The largest absolute Gasteiger partial charge is 0.0615 e. The fourth-order valence-corrected chi connectivity index (χ4v) is 4.77. The first-order chi connectivity index (χ1) is 7.62. The van der Waals surface area contributed by atoms with Crippen LogP contribution < -0.4 is 0 Å². The average Bonchev–Trinajstić information content (AvgIpc) is 2.14. The Labute approximate surface area is 104 Å². The molecule has 0 unspecified atom stereocenters. The first-order valence-corrected chi connectivity index (χ1v) is 7.12. The van der Waals surface area contributed by atoms with Gasteiger partial charge < -0.3 is 0 Å². The zero-order valence-electron chi connectivity index (χ0n) is 12.9. The third kappa shape index (κ3) is 2.05. The molecule has 0 heteroatoms. The Balaban J connectivity index is 2.32. The normalized spacial score (nSPS) is 35.7. The van der Waals surface area contributed by atoms with Crippen LogP contribution in [-0.4, -0.2) is 0 Å². The Hall–Kier alpha value is 0. The van der Waals surface area contributed by atoms with Crippen molar-refractivity contribution in [3.05, 3.63) is 0 Å². The lowest BCUT2D eigenvalue weighted by molar-refractivity contribution is -0.0743. The third-order valence-electron chi connectivity index (χ3n) is 5.58. The maximum atomic E-state index is 8.83. The average molecular weight is 223 g/mol. The molecular formula is C16H30. The van der Waals surface area contributed by atoms with Gasteiger partial charge in [0.1, 0.15) is 0 Å². The summed E-state index contributed by atoms with van der Waals surface area (Å²) in [7, 11) is 0.